The number of rotatable bonds is 3. The average molecular weight is 361 g/mol. The van der Waals surface area contributed by atoms with E-state index in [2.05, 4.69) is 20.3 Å². The zero-order valence-electron chi connectivity index (χ0n) is 14.3. The quantitative estimate of drug-likeness (QED) is 0.778. The van der Waals surface area contributed by atoms with Gasteiger partial charge in [-0.1, -0.05) is 0 Å². The molecule has 2 aliphatic heterocycles. The zero-order chi connectivity index (χ0) is 18.1. The molecule has 3 fully saturated rings. The van der Waals surface area contributed by atoms with Gasteiger partial charge in [0.2, 0.25) is 0 Å². The van der Waals surface area contributed by atoms with Crippen LogP contribution in [0.25, 0.3) is 11.2 Å². The van der Waals surface area contributed by atoms with E-state index in [9.17, 15) is 9.59 Å². The summed E-state index contributed by atoms with van der Waals surface area (Å²) in [6.07, 6.45) is 2.22. The summed E-state index contributed by atoms with van der Waals surface area (Å²) in [7, 11) is 0. The first-order valence-electron chi connectivity index (χ1n) is 8.65. The van der Waals surface area contributed by atoms with Gasteiger partial charge < -0.3 is 24.5 Å². The first kappa shape index (κ1) is 15.9. The Morgan fingerprint density at radius 2 is 2.08 bits per heavy atom. The fourth-order valence-electron chi connectivity index (χ4n) is 3.57. The van der Waals surface area contributed by atoms with Crippen molar-refractivity contribution in [2.75, 3.05) is 0 Å². The van der Waals surface area contributed by atoms with Crippen molar-refractivity contribution < 1.29 is 19.0 Å². The average Bonchev–Trinajstić information content (AvgIpc) is 3.04. The molecule has 0 aromatic carbocycles. The third-order valence-electron chi connectivity index (χ3n) is 4.85. The molecule has 1 saturated carbocycles. The van der Waals surface area contributed by atoms with Crippen LogP contribution in [-0.4, -0.2) is 55.6 Å². The number of aromatic amines is 1. The summed E-state index contributed by atoms with van der Waals surface area (Å²) in [4.78, 5) is 35.3. The number of hydrogen-bond donors (Lipinski definition) is 2. The topological polar surface area (TPSA) is 120 Å². The molecule has 138 valence electrons. The second kappa shape index (κ2) is 5.35. The number of imidazole rings is 1. The van der Waals surface area contributed by atoms with Crippen LogP contribution in [0.5, 0.6) is 0 Å². The van der Waals surface area contributed by atoms with E-state index in [0.717, 1.165) is 12.8 Å². The summed E-state index contributed by atoms with van der Waals surface area (Å²) in [6, 6.07) is 0.216. The SMILES string of the molecule is CC1(C)O[C@@H]2[C@H](O1)[C@@H](C(=O)NC1CC1)O[C@H]2n1cnc2c(=O)[nH]cnc21. The minimum Gasteiger partial charge on any atom is -0.351 e. The largest absolute Gasteiger partial charge is 0.351 e. The predicted octanol–water partition coefficient (Wildman–Crippen LogP) is -0.184. The normalized spacial score (nSPS) is 32.7. The lowest BCUT2D eigenvalue weighted by atomic mass is 10.1. The number of H-pyrrole nitrogens is 1. The van der Waals surface area contributed by atoms with Crippen molar-refractivity contribution in [3.05, 3.63) is 23.0 Å². The molecule has 1 amide bonds. The zero-order valence-corrected chi connectivity index (χ0v) is 14.3. The molecule has 0 spiro atoms. The summed E-state index contributed by atoms with van der Waals surface area (Å²) in [5.41, 5.74) is 0.237. The lowest BCUT2D eigenvalue weighted by molar-refractivity contribution is -0.197. The Hall–Kier alpha value is -2.30. The molecule has 0 unspecified atom stereocenters. The van der Waals surface area contributed by atoms with Gasteiger partial charge in [0.15, 0.2) is 29.3 Å². The molecule has 0 bridgehead atoms. The third-order valence-corrected chi connectivity index (χ3v) is 4.85. The standard InChI is InChI=1S/C16H19N5O5/c1-16(2)25-9-10(14(23)20-7-3-4-7)24-15(11(9)26-16)21-6-19-8-12(21)17-5-18-13(8)22/h5-7,9-11,15H,3-4H2,1-2H3,(H,20,23)(H,17,18,22)/t9-,10+,11-,15-/m1/s1. The summed E-state index contributed by atoms with van der Waals surface area (Å²) in [6.45, 7) is 3.60. The van der Waals surface area contributed by atoms with Gasteiger partial charge in [-0.15, -0.1) is 0 Å². The number of ether oxygens (including phenoxy) is 3. The first-order valence-corrected chi connectivity index (χ1v) is 8.65. The summed E-state index contributed by atoms with van der Waals surface area (Å²) < 4.78 is 19.6. The van der Waals surface area contributed by atoms with Crippen molar-refractivity contribution in [3.63, 3.8) is 0 Å². The Balaban J connectivity index is 1.52. The molecule has 0 radical (unpaired) electrons. The van der Waals surface area contributed by atoms with E-state index >= 15 is 0 Å². The Morgan fingerprint density at radius 3 is 2.85 bits per heavy atom. The van der Waals surface area contributed by atoms with Crippen LogP contribution in [0.3, 0.4) is 0 Å². The molecular formula is C16H19N5O5. The maximum Gasteiger partial charge on any atom is 0.278 e. The molecule has 10 heteroatoms. The van der Waals surface area contributed by atoms with Gasteiger partial charge >= 0.3 is 0 Å². The summed E-state index contributed by atoms with van der Waals surface area (Å²) in [5, 5.41) is 2.95. The maximum absolute atomic E-state index is 12.6. The van der Waals surface area contributed by atoms with E-state index in [1.807, 2.05) is 0 Å². The number of nitrogens with one attached hydrogen (secondary N) is 2. The molecule has 4 atom stereocenters. The highest BCUT2D eigenvalue weighted by Gasteiger charge is 2.58. The van der Waals surface area contributed by atoms with E-state index in [-0.39, 0.29) is 23.0 Å². The van der Waals surface area contributed by atoms with Crippen molar-refractivity contribution in [2.24, 2.45) is 0 Å². The van der Waals surface area contributed by atoms with Crippen LogP contribution in [0, 0.1) is 0 Å². The molecule has 2 aromatic rings. The van der Waals surface area contributed by atoms with Crippen molar-refractivity contribution in [3.8, 4) is 0 Å². The van der Waals surface area contributed by atoms with E-state index in [0.29, 0.717) is 5.65 Å². The molecule has 10 nitrogen and oxygen atoms in total. The van der Waals surface area contributed by atoms with Gasteiger partial charge in [-0.3, -0.25) is 14.2 Å². The fraction of sp³-hybridized carbons (Fsp3) is 0.625. The Morgan fingerprint density at radius 1 is 1.31 bits per heavy atom. The van der Waals surface area contributed by atoms with Crippen LogP contribution in [0.15, 0.2) is 17.4 Å². The molecular weight excluding hydrogens is 342 g/mol. The van der Waals surface area contributed by atoms with E-state index in [1.165, 1.54) is 12.7 Å². The van der Waals surface area contributed by atoms with Crippen LogP contribution in [0.4, 0.5) is 0 Å². The molecule has 2 saturated heterocycles. The Kier molecular flexibility index (Phi) is 3.27. The second-order valence-corrected chi connectivity index (χ2v) is 7.35. The molecule has 5 rings (SSSR count). The predicted molar refractivity (Wildman–Crippen MR) is 87.0 cm³/mol. The van der Waals surface area contributed by atoms with Crippen LogP contribution >= 0.6 is 0 Å². The number of hydrogen-bond acceptors (Lipinski definition) is 7. The number of carbonyl (C=O) groups is 1. The fourth-order valence-corrected chi connectivity index (χ4v) is 3.57. The molecule has 26 heavy (non-hydrogen) atoms. The van der Waals surface area contributed by atoms with E-state index in [1.54, 1.807) is 18.4 Å². The Labute approximate surface area is 147 Å². The molecule has 2 aromatic heterocycles. The van der Waals surface area contributed by atoms with Crippen LogP contribution in [0.1, 0.15) is 32.9 Å². The van der Waals surface area contributed by atoms with Gasteiger partial charge in [-0.25, -0.2) is 9.97 Å². The van der Waals surface area contributed by atoms with Crippen molar-refractivity contribution >= 4 is 17.1 Å². The first-order chi connectivity index (χ1) is 12.4. The van der Waals surface area contributed by atoms with Gasteiger partial charge in [0, 0.05) is 6.04 Å². The van der Waals surface area contributed by atoms with Gasteiger partial charge in [0.05, 0.1) is 12.7 Å². The highest BCUT2D eigenvalue weighted by atomic mass is 16.8. The molecule has 1 aliphatic carbocycles. The minimum absolute atomic E-state index is 0.205. The van der Waals surface area contributed by atoms with Crippen molar-refractivity contribution in [1.29, 1.82) is 0 Å². The number of amides is 1. The lowest BCUT2D eigenvalue weighted by Gasteiger charge is -2.24. The van der Waals surface area contributed by atoms with Crippen molar-refractivity contribution in [2.45, 2.75) is 63.1 Å². The summed E-state index contributed by atoms with van der Waals surface area (Å²) >= 11 is 0. The monoisotopic (exact) mass is 361 g/mol. The maximum atomic E-state index is 12.6. The number of fused-ring (bicyclic) bond motifs is 2. The van der Waals surface area contributed by atoms with Crippen LogP contribution in [-0.2, 0) is 19.0 Å². The highest BCUT2D eigenvalue weighted by Crippen LogP contribution is 2.43. The van der Waals surface area contributed by atoms with E-state index < -0.39 is 30.3 Å². The molecule has 4 heterocycles. The van der Waals surface area contributed by atoms with Crippen molar-refractivity contribution in [1.82, 2.24) is 24.8 Å². The number of carbonyl (C=O) groups excluding carboxylic acids is 1. The number of nitrogens with zero attached hydrogens (tertiary/aromatic N) is 3. The highest BCUT2D eigenvalue weighted by molar-refractivity contribution is 5.82. The van der Waals surface area contributed by atoms with Gasteiger partial charge in [0.1, 0.15) is 12.2 Å². The van der Waals surface area contributed by atoms with Gasteiger partial charge in [-0.05, 0) is 26.7 Å². The van der Waals surface area contributed by atoms with Gasteiger partial charge in [-0.2, -0.15) is 0 Å². The Bertz CT molecular complexity index is 932. The lowest BCUT2D eigenvalue weighted by Crippen LogP contribution is -2.43. The number of aromatic nitrogens is 4. The third kappa shape index (κ3) is 2.44. The summed E-state index contributed by atoms with van der Waals surface area (Å²) in [5.74, 6) is -1.04. The van der Waals surface area contributed by atoms with Crippen LogP contribution in [0.2, 0.25) is 0 Å². The second-order valence-electron chi connectivity index (χ2n) is 7.35. The van der Waals surface area contributed by atoms with Crippen LogP contribution < -0.4 is 10.9 Å². The van der Waals surface area contributed by atoms with E-state index in [4.69, 9.17) is 14.2 Å². The minimum atomic E-state index is -0.837. The smallest absolute Gasteiger partial charge is 0.278 e. The molecule has 3 aliphatic rings. The van der Waals surface area contributed by atoms with Gasteiger partial charge in [0.25, 0.3) is 11.5 Å². The molecule has 2 N–H and O–H groups in total.